The normalized spacial score (nSPS) is 19.8. The van der Waals surface area contributed by atoms with E-state index in [0.717, 1.165) is 55.8 Å². The average molecular weight is 477 g/mol. The molecule has 0 spiro atoms. The van der Waals surface area contributed by atoms with Crippen molar-refractivity contribution in [2.45, 2.75) is 45.1 Å². The van der Waals surface area contributed by atoms with Crippen LogP contribution in [0.3, 0.4) is 0 Å². The van der Waals surface area contributed by atoms with Crippen LogP contribution in [0.1, 0.15) is 44.6 Å². The number of hydrogen-bond acceptors (Lipinski definition) is 5. The minimum atomic E-state index is 0.391. The molecule has 0 bridgehead atoms. The van der Waals surface area contributed by atoms with Gasteiger partial charge in [0.2, 0.25) is 0 Å². The SMILES string of the molecule is COc1ccc(-c2[nH]c3ccc(N4CCN(C5CCCNCC5)CC4)cc3c2C(C)C)cc1OC. The molecule has 1 atom stereocenters. The summed E-state index contributed by atoms with van der Waals surface area (Å²) in [7, 11) is 3.37. The summed E-state index contributed by atoms with van der Waals surface area (Å²) in [6, 6.07) is 13.8. The minimum absolute atomic E-state index is 0.391. The lowest BCUT2D eigenvalue weighted by atomic mass is 9.95. The molecule has 0 saturated carbocycles. The van der Waals surface area contributed by atoms with Gasteiger partial charge in [-0.05, 0) is 80.2 Å². The fourth-order valence-electron chi connectivity index (χ4n) is 5.93. The Morgan fingerprint density at radius 1 is 0.886 bits per heavy atom. The number of hydrogen-bond donors (Lipinski definition) is 2. The standard InChI is InChI=1S/C29H40N4O2/c1-20(2)28-24-19-23(33-16-14-32(15-17-33)22-6-5-12-30-13-11-22)8-9-25(24)31-29(28)21-7-10-26(34-3)27(18-21)35-4/h7-10,18-20,22,30-31H,5-6,11-17H2,1-4H3. The molecule has 2 aliphatic heterocycles. The number of anilines is 1. The molecule has 2 fully saturated rings. The zero-order chi connectivity index (χ0) is 24.4. The Morgan fingerprint density at radius 3 is 2.43 bits per heavy atom. The van der Waals surface area contributed by atoms with Gasteiger partial charge in [0.05, 0.1) is 19.9 Å². The molecule has 3 heterocycles. The van der Waals surface area contributed by atoms with Crippen molar-refractivity contribution in [2.75, 3.05) is 58.4 Å². The van der Waals surface area contributed by atoms with E-state index in [4.69, 9.17) is 9.47 Å². The largest absolute Gasteiger partial charge is 0.493 e. The Hall–Kier alpha value is -2.70. The number of benzene rings is 2. The molecule has 0 aliphatic carbocycles. The fraction of sp³-hybridized carbons (Fsp3) is 0.517. The molecule has 0 amide bonds. The van der Waals surface area contributed by atoms with E-state index in [1.165, 1.54) is 53.7 Å². The average Bonchev–Trinajstić information content (AvgIpc) is 3.06. The molecule has 188 valence electrons. The molecule has 2 aromatic carbocycles. The number of H-pyrrole nitrogens is 1. The predicted molar refractivity (Wildman–Crippen MR) is 145 cm³/mol. The van der Waals surface area contributed by atoms with Crippen molar-refractivity contribution in [3.63, 3.8) is 0 Å². The van der Waals surface area contributed by atoms with E-state index in [1.54, 1.807) is 14.2 Å². The number of aromatic nitrogens is 1. The van der Waals surface area contributed by atoms with E-state index >= 15 is 0 Å². The first kappa shape index (κ1) is 24.0. The third kappa shape index (κ3) is 4.87. The number of ether oxygens (including phenoxy) is 2. The van der Waals surface area contributed by atoms with E-state index in [1.807, 2.05) is 6.07 Å². The molecule has 35 heavy (non-hydrogen) atoms. The molecular formula is C29H40N4O2. The maximum Gasteiger partial charge on any atom is 0.161 e. The topological polar surface area (TPSA) is 52.8 Å². The van der Waals surface area contributed by atoms with Gasteiger partial charge in [-0.1, -0.05) is 13.8 Å². The first-order valence-corrected chi connectivity index (χ1v) is 13.2. The van der Waals surface area contributed by atoms with Crippen LogP contribution in [-0.4, -0.2) is 69.4 Å². The summed E-state index contributed by atoms with van der Waals surface area (Å²) in [6.07, 6.45) is 3.92. The second-order valence-corrected chi connectivity index (χ2v) is 10.2. The zero-order valence-electron chi connectivity index (χ0n) is 21.7. The van der Waals surface area contributed by atoms with Crippen molar-refractivity contribution in [3.05, 3.63) is 42.0 Å². The number of rotatable bonds is 6. The van der Waals surface area contributed by atoms with Crippen LogP contribution in [0.5, 0.6) is 11.5 Å². The monoisotopic (exact) mass is 476 g/mol. The third-order valence-corrected chi connectivity index (χ3v) is 7.81. The molecule has 2 saturated heterocycles. The van der Waals surface area contributed by atoms with E-state index in [2.05, 4.69) is 64.3 Å². The number of fused-ring (bicyclic) bond motifs is 1. The summed E-state index contributed by atoms with van der Waals surface area (Å²) in [5.74, 6) is 1.89. The molecule has 0 radical (unpaired) electrons. The Labute approximate surface area is 209 Å². The smallest absolute Gasteiger partial charge is 0.161 e. The van der Waals surface area contributed by atoms with E-state index < -0.39 is 0 Å². The van der Waals surface area contributed by atoms with E-state index in [0.29, 0.717) is 5.92 Å². The molecule has 3 aromatic rings. The van der Waals surface area contributed by atoms with Crippen LogP contribution >= 0.6 is 0 Å². The van der Waals surface area contributed by atoms with Gasteiger partial charge in [0.15, 0.2) is 11.5 Å². The van der Waals surface area contributed by atoms with Crippen LogP contribution in [0, 0.1) is 0 Å². The summed E-state index contributed by atoms with van der Waals surface area (Å²) >= 11 is 0. The second kappa shape index (κ2) is 10.5. The van der Waals surface area contributed by atoms with Crippen molar-refractivity contribution in [1.29, 1.82) is 0 Å². The summed E-state index contributed by atoms with van der Waals surface area (Å²) in [6.45, 7) is 11.4. The van der Waals surface area contributed by atoms with Crippen molar-refractivity contribution in [1.82, 2.24) is 15.2 Å². The minimum Gasteiger partial charge on any atom is -0.493 e. The lowest BCUT2D eigenvalue weighted by Gasteiger charge is -2.40. The van der Waals surface area contributed by atoms with Crippen LogP contribution < -0.4 is 19.7 Å². The number of methoxy groups -OCH3 is 2. The number of piperazine rings is 1. The maximum absolute atomic E-state index is 5.58. The van der Waals surface area contributed by atoms with Gasteiger partial charge in [-0.15, -0.1) is 0 Å². The van der Waals surface area contributed by atoms with Crippen LogP contribution in [0.2, 0.25) is 0 Å². The quantitative estimate of drug-likeness (QED) is 0.510. The summed E-state index contributed by atoms with van der Waals surface area (Å²) in [5, 5.41) is 4.87. The van der Waals surface area contributed by atoms with E-state index in [-0.39, 0.29) is 0 Å². The second-order valence-electron chi connectivity index (χ2n) is 10.2. The van der Waals surface area contributed by atoms with E-state index in [9.17, 15) is 0 Å². The van der Waals surface area contributed by atoms with Gasteiger partial charge in [0.25, 0.3) is 0 Å². The number of nitrogens with zero attached hydrogens (tertiary/aromatic N) is 2. The fourth-order valence-corrected chi connectivity index (χ4v) is 5.93. The van der Waals surface area contributed by atoms with Gasteiger partial charge >= 0.3 is 0 Å². The molecule has 1 unspecified atom stereocenters. The van der Waals surface area contributed by atoms with Gasteiger partial charge in [-0.3, -0.25) is 4.90 Å². The summed E-state index contributed by atoms with van der Waals surface area (Å²) in [5.41, 5.74) is 6.17. The van der Waals surface area contributed by atoms with Crippen molar-refractivity contribution in [3.8, 4) is 22.8 Å². The molecule has 6 nitrogen and oxygen atoms in total. The highest BCUT2D eigenvalue weighted by Gasteiger charge is 2.25. The van der Waals surface area contributed by atoms with Gasteiger partial charge in [0.1, 0.15) is 0 Å². The van der Waals surface area contributed by atoms with Gasteiger partial charge in [-0.2, -0.15) is 0 Å². The Kier molecular flexibility index (Phi) is 7.21. The summed E-state index contributed by atoms with van der Waals surface area (Å²) < 4.78 is 11.0. The van der Waals surface area contributed by atoms with Gasteiger partial charge in [0, 0.05) is 54.4 Å². The highest BCUT2D eigenvalue weighted by Crippen LogP contribution is 2.40. The van der Waals surface area contributed by atoms with Crippen LogP contribution in [-0.2, 0) is 0 Å². The van der Waals surface area contributed by atoms with Crippen LogP contribution in [0.15, 0.2) is 36.4 Å². The molecule has 6 heteroatoms. The number of nitrogens with one attached hydrogen (secondary N) is 2. The molecule has 2 aliphatic rings. The highest BCUT2D eigenvalue weighted by atomic mass is 16.5. The third-order valence-electron chi connectivity index (χ3n) is 7.81. The molecule has 2 N–H and O–H groups in total. The Bertz CT molecular complexity index is 1140. The summed E-state index contributed by atoms with van der Waals surface area (Å²) in [4.78, 5) is 9.00. The lowest BCUT2D eigenvalue weighted by Crippen LogP contribution is -2.50. The van der Waals surface area contributed by atoms with Gasteiger partial charge in [-0.25, -0.2) is 0 Å². The first-order chi connectivity index (χ1) is 17.1. The predicted octanol–water partition coefficient (Wildman–Crippen LogP) is 5.24. The zero-order valence-corrected chi connectivity index (χ0v) is 21.7. The highest BCUT2D eigenvalue weighted by molar-refractivity contribution is 5.93. The number of aromatic amines is 1. The van der Waals surface area contributed by atoms with Crippen LogP contribution in [0.4, 0.5) is 5.69 Å². The van der Waals surface area contributed by atoms with Crippen LogP contribution in [0.25, 0.3) is 22.2 Å². The molecule has 5 rings (SSSR count). The maximum atomic E-state index is 5.58. The Morgan fingerprint density at radius 2 is 1.69 bits per heavy atom. The molecule has 1 aromatic heterocycles. The van der Waals surface area contributed by atoms with Crippen molar-refractivity contribution in [2.24, 2.45) is 0 Å². The Balaban J connectivity index is 1.41. The first-order valence-electron chi connectivity index (χ1n) is 13.2. The van der Waals surface area contributed by atoms with Crippen molar-refractivity contribution >= 4 is 16.6 Å². The van der Waals surface area contributed by atoms with Crippen molar-refractivity contribution < 1.29 is 9.47 Å². The lowest BCUT2D eigenvalue weighted by molar-refractivity contribution is 0.172. The van der Waals surface area contributed by atoms with Gasteiger partial charge < -0.3 is 24.7 Å². The molecular weight excluding hydrogens is 436 g/mol.